The van der Waals surface area contributed by atoms with Crippen molar-refractivity contribution in [2.45, 2.75) is 46.5 Å². The molecule has 0 N–H and O–H groups in total. The van der Waals surface area contributed by atoms with E-state index in [2.05, 4.69) is 20.8 Å². The van der Waals surface area contributed by atoms with Crippen molar-refractivity contribution in [3.63, 3.8) is 0 Å². The van der Waals surface area contributed by atoms with E-state index in [1.54, 1.807) is 0 Å². The van der Waals surface area contributed by atoms with Gasteiger partial charge in [0.2, 0.25) is 0 Å². The van der Waals surface area contributed by atoms with E-state index in [-0.39, 0.29) is 5.78 Å². The molecular formula is C16H23ClO2. The van der Waals surface area contributed by atoms with Gasteiger partial charge >= 0.3 is 0 Å². The Morgan fingerprint density at radius 3 is 2.58 bits per heavy atom. The summed E-state index contributed by atoms with van der Waals surface area (Å²) >= 11 is 5.66. The van der Waals surface area contributed by atoms with Crippen molar-refractivity contribution in [3.05, 3.63) is 28.8 Å². The van der Waals surface area contributed by atoms with E-state index < -0.39 is 0 Å². The number of ether oxygens (including phenoxy) is 1. The molecule has 1 aromatic rings. The number of Topliss-reactive ketones (excluding diaryl/α,β-unsaturated/α-hetero) is 1. The van der Waals surface area contributed by atoms with Crippen molar-refractivity contribution in [1.82, 2.24) is 0 Å². The molecule has 0 saturated heterocycles. The third-order valence-electron chi connectivity index (χ3n) is 3.06. The van der Waals surface area contributed by atoms with Crippen LogP contribution in [0.3, 0.4) is 0 Å². The highest BCUT2D eigenvalue weighted by molar-refractivity contribution is 6.19. The van der Waals surface area contributed by atoms with Gasteiger partial charge in [-0.2, -0.15) is 0 Å². The zero-order chi connectivity index (χ0) is 14.4. The molecule has 0 heterocycles. The number of carbonyl (C=O) groups excluding carboxylic acids is 1. The Kier molecular flexibility index (Phi) is 6.36. The lowest BCUT2D eigenvalue weighted by molar-refractivity contribution is 0.0988. The lowest BCUT2D eigenvalue weighted by atomic mass is 9.94. The summed E-state index contributed by atoms with van der Waals surface area (Å²) in [5.74, 6) is 1.70. The van der Waals surface area contributed by atoms with Crippen molar-refractivity contribution in [3.8, 4) is 5.75 Å². The monoisotopic (exact) mass is 282 g/mol. The Morgan fingerprint density at radius 1 is 1.37 bits per heavy atom. The largest absolute Gasteiger partial charge is 0.493 e. The van der Waals surface area contributed by atoms with Crippen LogP contribution in [0, 0.1) is 6.92 Å². The van der Waals surface area contributed by atoms with Gasteiger partial charge in [0, 0.05) is 17.9 Å². The minimum Gasteiger partial charge on any atom is -0.493 e. The number of ketones is 1. The number of hydrogen-bond donors (Lipinski definition) is 0. The third-order valence-corrected chi connectivity index (χ3v) is 3.25. The molecular weight excluding hydrogens is 260 g/mol. The van der Waals surface area contributed by atoms with E-state index >= 15 is 0 Å². The van der Waals surface area contributed by atoms with Crippen molar-refractivity contribution in [2.24, 2.45) is 0 Å². The zero-order valence-electron chi connectivity index (χ0n) is 12.3. The standard InChI is InChI=1S/C16H23ClO2/c1-5-8-19-16-9-12(4)14(15(18)6-7-17)10-13(16)11(2)3/h9-11H,5-8H2,1-4H3. The second-order valence-corrected chi connectivity index (χ2v) is 5.45. The molecule has 0 radical (unpaired) electrons. The Hall–Kier alpha value is -1.02. The van der Waals surface area contributed by atoms with E-state index in [0.29, 0.717) is 24.8 Å². The molecule has 0 spiro atoms. The smallest absolute Gasteiger partial charge is 0.164 e. The Bertz CT molecular complexity index is 439. The van der Waals surface area contributed by atoms with E-state index in [0.717, 1.165) is 28.9 Å². The number of halogens is 1. The van der Waals surface area contributed by atoms with Crippen LogP contribution in [0.25, 0.3) is 0 Å². The summed E-state index contributed by atoms with van der Waals surface area (Å²) in [5.41, 5.74) is 2.83. The number of aryl methyl sites for hydroxylation is 1. The fourth-order valence-electron chi connectivity index (χ4n) is 2.01. The van der Waals surface area contributed by atoms with E-state index in [1.807, 2.05) is 19.1 Å². The van der Waals surface area contributed by atoms with Gasteiger partial charge in [-0.3, -0.25) is 4.79 Å². The third kappa shape index (κ3) is 4.24. The van der Waals surface area contributed by atoms with Crippen LogP contribution in [0.2, 0.25) is 0 Å². The number of alkyl halides is 1. The predicted molar refractivity (Wildman–Crippen MR) is 80.7 cm³/mol. The SMILES string of the molecule is CCCOc1cc(C)c(C(=O)CCCl)cc1C(C)C. The maximum Gasteiger partial charge on any atom is 0.164 e. The highest BCUT2D eigenvalue weighted by Crippen LogP contribution is 2.30. The average Bonchev–Trinajstić information content (AvgIpc) is 2.36. The van der Waals surface area contributed by atoms with Crippen molar-refractivity contribution in [1.29, 1.82) is 0 Å². The van der Waals surface area contributed by atoms with Crippen LogP contribution in [-0.2, 0) is 0 Å². The molecule has 0 fully saturated rings. The molecule has 0 atom stereocenters. The molecule has 0 amide bonds. The fraction of sp³-hybridized carbons (Fsp3) is 0.562. The average molecular weight is 283 g/mol. The second-order valence-electron chi connectivity index (χ2n) is 5.07. The summed E-state index contributed by atoms with van der Waals surface area (Å²) in [6, 6.07) is 3.95. The molecule has 3 heteroatoms. The van der Waals surface area contributed by atoms with Crippen LogP contribution in [0.5, 0.6) is 5.75 Å². The van der Waals surface area contributed by atoms with Crippen LogP contribution in [0.4, 0.5) is 0 Å². The van der Waals surface area contributed by atoms with E-state index in [1.165, 1.54) is 0 Å². The van der Waals surface area contributed by atoms with Gasteiger partial charge < -0.3 is 4.74 Å². The van der Waals surface area contributed by atoms with Gasteiger partial charge in [0.15, 0.2) is 5.78 Å². The molecule has 0 saturated carbocycles. The normalized spacial score (nSPS) is 10.8. The summed E-state index contributed by atoms with van der Waals surface area (Å²) < 4.78 is 5.79. The number of carbonyl (C=O) groups is 1. The van der Waals surface area contributed by atoms with Gasteiger partial charge in [-0.05, 0) is 42.5 Å². The number of benzene rings is 1. The highest BCUT2D eigenvalue weighted by atomic mass is 35.5. The van der Waals surface area contributed by atoms with Crippen LogP contribution in [0.1, 0.15) is 61.0 Å². The molecule has 0 unspecified atom stereocenters. The molecule has 106 valence electrons. The number of hydrogen-bond acceptors (Lipinski definition) is 2. The quantitative estimate of drug-likeness (QED) is 0.534. The Labute approximate surface area is 121 Å². The molecule has 19 heavy (non-hydrogen) atoms. The van der Waals surface area contributed by atoms with Crippen molar-refractivity contribution >= 4 is 17.4 Å². The zero-order valence-corrected chi connectivity index (χ0v) is 13.0. The first-order chi connectivity index (χ1) is 9.01. The first-order valence-electron chi connectivity index (χ1n) is 6.87. The maximum atomic E-state index is 12.0. The molecule has 1 rings (SSSR count). The van der Waals surface area contributed by atoms with Crippen LogP contribution in [-0.4, -0.2) is 18.3 Å². The molecule has 0 aliphatic carbocycles. The predicted octanol–water partition coefficient (Wildman–Crippen LogP) is 4.72. The van der Waals surface area contributed by atoms with Gasteiger partial charge in [0.25, 0.3) is 0 Å². The minimum atomic E-state index is 0.108. The lowest BCUT2D eigenvalue weighted by Gasteiger charge is -2.17. The minimum absolute atomic E-state index is 0.108. The van der Waals surface area contributed by atoms with Gasteiger partial charge in [-0.25, -0.2) is 0 Å². The van der Waals surface area contributed by atoms with Gasteiger partial charge in [-0.15, -0.1) is 11.6 Å². The van der Waals surface area contributed by atoms with E-state index in [4.69, 9.17) is 16.3 Å². The van der Waals surface area contributed by atoms with Crippen molar-refractivity contribution in [2.75, 3.05) is 12.5 Å². The molecule has 0 aliphatic heterocycles. The first kappa shape index (κ1) is 16.0. The summed E-state index contributed by atoms with van der Waals surface area (Å²) in [4.78, 5) is 12.0. The van der Waals surface area contributed by atoms with Crippen molar-refractivity contribution < 1.29 is 9.53 Å². The Morgan fingerprint density at radius 2 is 2.05 bits per heavy atom. The number of rotatable bonds is 7. The van der Waals surface area contributed by atoms with Gasteiger partial charge in [0.05, 0.1) is 6.61 Å². The maximum absolute atomic E-state index is 12.0. The molecule has 0 aliphatic rings. The topological polar surface area (TPSA) is 26.3 Å². The van der Waals surface area contributed by atoms with Gasteiger partial charge in [0.1, 0.15) is 5.75 Å². The molecule has 0 aromatic heterocycles. The lowest BCUT2D eigenvalue weighted by Crippen LogP contribution is -2.07. The Balaban J connectivity index is 3.16. The molecule has 2 nitrogen and oxygen atoms in total. The summed E-state index contributed by atoms with van der Waals surface area (Å²) in [5, 5.41) is 0. The summed E-state index contributed by atoms with van der Waals surface area (Å²) in [6.45, 7) is 8.96. The van der Waals surface area contributed by atoms with Crippen LogP contribution >= 0.6 is 11.6 Å². The first-order valence-corrected chi connectivity index (χ1v) is 7.41. The second kappa shape index (κ2) is 7.54. The molecule has 0 bridgehead atoms. The van der Waals surface area contributed by atoms with Gasteiger partial charge in [-0.1, -0.05) is 20.8 Å². The summed E-state index contributed by atoms with van der Waals surface area (Å²) in [7, 11) is 0. The van der Waals surface area contributed by atoms with Crippen LogP contribution in [0.15, 0.2) is 12.1 Å². The molecule has 1 aromatic carbocycles. The van der Waals surface area contributed by atoms with Crippen LogP contribution < -0.4 is 4.74 Å². The van der Waals surface area contributed by atoms with E-state index in [9.17, 15) is 4.79 Å². The highest BCUT2D eigenvalue weighted by Gasteiger charge is 2.15. The summed E-state index contributed by atoms with van der Waals surface area (Å²) in [6.07, 6.45) is 1.36. The fourth-order valence-corrected chi connectivity index (χ4v) is 2.18.